The standard InChI is InChI=1S/C26H32N2O5/c1-4-18(24(29)28(5-2)15-17(3)25(30)31)14-27-26(32)33-16-23-21-12-8-6-10-19(21)20-11-7-9-13-22(20)23/h6-13,17-18,23H,4-5,14-16H2,1-3H3,(H,27,32)(H,30,31). The molecule has 0 saturated carbocycles. The lowest BCUT2D eigenvalue weighted by Crippen LogP contribution is -2.44. The number of ether oxygens (including phenoxy) is 1. The summed E-state index contributed by atoms with van der Waals surface area (Å²) in [7, 11) is 0. The zero-order chi connectivity index (χ0) is 24.0. The van der Waals surface area contributed by atoms with Gasteiger partial charge in [0.25, 0.3) is 0 Å². The molecule has 2 aromatic carbocycles. The molecule has 1 aliphatic carbocycles. The molecule has 0 heterocycles. The van der Waals surface area contributed by atoms with E-state index in [2.05, 4.69) is 29.6 Å². The minimum absolute atomic E-state index is 0.0279. The molecule has 0 aromatic heterocycles. The summed E-state index contributed by atoms with van der Waals surface area (Å²) in [6.45, 7) is 6.18. The first kappa shape index (κ1) is 24.3. The largest absolute Gasteiger partial charge is 0.481 e. The number of carboxylic acids is 1. The minimum atomic E-state index is -0.939. The van der Waals surface area contributed by atoms with Crippen molar-refractivity contribution in [3.05, 3.63) is 59.7 Å². The van der Waals surface area contributed by atoms with E-state index in [0.717, 1.165) is 22.3 Å². The van der Waals surface area contributed by atoms with Crippen molar-refractivity contribution in [3.8, 4) is 11.1 Å². The average Bonchev–Trinajstić information content (AvgIpc) is 3.14. The van der Waals surface area contributed by atoms with Gasteiger partial charge < -0.3 is 20.1 Å². The van der Waals surface area contributed by atoms with Gasteiger partial charge in [-0.25, -0.2) is 4.79 Å². The van der Waals surface area contributed by atoms with Crippen LogP contribution in [-0.4, -0.2) is 54.2 Å². The normalized spacial score (nSPS) is 14.0. The van der Waals surface area contributed by atoms with Gasteiger partial charge in [0, 0.05) is 25.6 Å². The first-order valence-corrected chi connectivity index (χ1v) is 11.5. The zero-order valence-electron chi connectivity index (χ0n) is 19.4. The van der Waals surface area contributed by atoms with Gasteiger partial charge in [-0.15, -0.1) is 0 Å². The van der Waals surface area contributed by atoms with Gasteiger partial charge in [0.2, 0.25) is 5.91 Å². The first-order chi connectivity index (χ1) is 15.9. The van der Waals surface area contributed by atoms with Crippen molar-refractivity contribution >= 4 is 18.0 Å². The Labute approximate surface area is 194 Å². The van der Waals surface area contributed by atoms with Crippen LogP contribution in [0.25, 0.3) is 11.1 Å². The van der Waals surface area contributed by atoms with Crippen molar-refractivity contribution in [2.24, 2.45) is 11.8 Å². The lowest BCUT2D eigenvalue weighted by Gasteiger charge is -2.27. The van der Waals surface area contributed by atoms with Crippen LogP contribution in [0, 0.1) is 11.8 Å². The van der Waals surface area contributed by atoms with Gasteiger partial charge in [-0.05, 0) is 35.6 Å². The molecule has 2 atom stereocenters. The smallest absolute Gasteiger partial charge is 0.407 e. The number of hydrogen-bond acceptors (Lipinski definition) is 4. The molecule has 1 aliphatic rings. The lowest BCUT2D eigenvalue weighted by atomic mass is 9.98. The average molecular weight is 453 g/mol. The second-order valence-electron chi connectivity index (χ2n) is 8.43. The van der Waals surface area contributed by atoms with E-state index in [1.54, 1.807) is 6.92 Å². The van der Waals surface area contributed by atoms with E-state index in [0.29, 0.717) is 13.0 Å². The fourth-order valence-electron chi connectivity index (χ4n) is 4.30. The third-order valence-corrected chi connectivity index (χ3v) is 6.29. The van der Waals surface area contributed by atoms with Gasteiger partial charge in [0.05, 0.1) is 11.8 Å². The van der Waals surface area contributed by atoms with E-state index in [4.69, 9.17) is 9.84 Å². The quantitative estimate of drug-likeness (QED) is 0.565. The SMILES string of the molecule is CCC(CNC(=O)OCC1c2ccccc2-c2ccccc21)C(=O)N(CC)CC(C)C(=O)O. The second-order valence-corrected chi connectivity index (χ2v) is 8.43. The molecule has 0 fully saturated rings. The molecule has 0 spiro atoms. The Hall–Kier alpha value is -3.35. The molecule has 33 heavy (non-hydrogen) atoms. The molecular formula is C26H32N2O5. The number of alkyl carbamates (subject to hydrolysis) is 1. The third kappa shape index (κ3) is 5.53. The highest BCUT2D eigenvalue weighted by Gasteiger charge is 2.29. The summed E-state index contributed by atoms with van der Waals surface area (Å²) in [5.41, 5.74) is 4.60. The first-order valence-electron chi connectivity index (χ1n) is 11.5. The van der Waals surface area contributed by atoms with Gasteiger partial charge >= 0.3 is 12.1 Å². The summed E-state index contributed by atoms with van der Waals surface area (Å²) < 4.78 is 5.54. The highest BCUT2D eigenvalue weighted by Crippen LogP contribution is 2.44. The number of carbonyl (C=O) groups is 3. The lowest BCUT2D eigenvalue weighted by molar-refractivity contribution is -0.143. The summed E-state index contributed by atoms with van der Waals surface area (Å²) in [5, 5.41) is 11.9. The molecule has 176 valence electrons. The van der Waals surface area contributed by atoms with Gasteiger partial charge in [-0.1, -0.05) is 62.4 Å². The topological polar surface area (TPSA) is 95.9 Å². The predicted molar refractivity (Wildman–Crippen MR) is 126 cm³/mol. The van der Waals surface area contributed by atoms with Gasteiger partial charge in [0.1, 0.15) is 6.61 Å². The van der Waals surface area contributed by atoms with Crippen molar-refractivity contribution in [3.63, 3.8) is 0 Å². The van der Waals surface area contributed by atoms with Crippen molar-refractivity contribution in [1.82, 2.24) is 10.2 Å². The number of fused-ring (bicyclic) bond motifs is 3. The molecule has 2 aromatic rings. The second kappa shape index (κ2) is 11.0. The Morgan fingerprint density at radius 1 is 1.03 bits per heavy atom. The summed E-state index contributed by atoms with van der Waals surface area (Å²) in [6.07, 6.45) is -0.0365. The molecule has 0 radical (unpaired) electrons. The van der Waals surface area contributed by atoms with Crippen LogP contribution in [0.2, 0.25) is 0 Å². The third-order valence-electron chi connectivity index (χ3n) is 6.29. The van der Waals surface area contributed by atoms with E-state index in [1.165, 1.54) is 4.90 Å². The molecule has 0 saturated heterocycles. The monoisotopic (exact) mass is 452 g/mol. The maximum absolute atomic E-state index is 12.9. The fraction of sp³-hybridized carbons (Fsp3) is 0.423. The summed E-state index contributed by atoms with van der Waals surface area (Å²) in [5.74, 6) is -2.22. The highest BCUT2D eigenvalue weighted by molar-refractivity contribution is 5.81. The molecular weight excluding hydrogens is 420 g/mol. The molecule has 3 rings (SSSR count). The van der Waals surface area contributed by atoms with E-state index in [-0.39, 0.29) is 31.5 Å². The molecule has 7 nitrogen and oxygen atoms in total. The number of nitrogens with one attached hydrogen (secondary N) is 1. The van der Waals surface area contributed by atoms with Crippen molar-refractivity contribution in [2.45, 2.75) is 33.1 Å². The van der Waals surface area contributed by atoms with Crippen LogP contribution in [0.5, 0.6) is 0 Å². The van der Waals surface area contributed by atoms with E-state index in [9.17, 15) is 14.4 Å². The van der Waals surface area contributed by atoms with Gasteiger partial charge in [0.15, 0.2) is 0 Å². The van der Waals surface area contributed by atoms with Crippen LogP contribution in [-0.2, 0) is 14.3 Å². The number of nitrogens with zero attached hydrogens (tertiary/aromatic N) is 1. The van der Waals surface area contributed by atoms with E-state index < -0.39 is 23.9 Å². The maximum Gasteiger partial charge on any atom is 0.407 e. The Balaban J connectivity index is 1.56. The van der Waals surface area contributed by atoms with Crippen LogP contribution in [0.15, 0.2) is 48.5 Å². The number of carbonyl (C=O) groups excluding carboxylic acids is 2. The van der Waals surface area contributed by atoms with Gasteiger partial charge in [-0.3, -0.25) is 9.59 Å². The molecule has 7 heteroatoms. The Kier molecular flexibility index (Phi) is 8.09. The number of rotatable bonds is 10. The number of aliphatic carboxylic acids is 1. The summed E-state index contributed by atoms with van der Waals surface area (Å²) in [6, 6.07) is 16.3. The van der Waals surface area contributed by atoms with Crippen LogP contribution in [0.4, 0.5) is 4.79 Å². The Morgan fingerprint density at radius 2 is 1.61 bits per heavy atom. The summed E-state index contributed by atoms with van der Waals surface area (Å²) >= 11 is 0. The zero-order valence-corrected chi connectivity index (χ0v) is 19.4. The molecule has 0 aliphatic heterocycles. The fourth-order valence-corrected chi connectivity index (χ4v) is 4.30. The number of benzene rings is 2. The maximum atomic E-state index is 12.9. The Morgan fingerprint density at radius 3 is 2.12 bits per heavy atom. The van der Waals surface area contributed by atoms with Crippen LogP contribution >= 0.6 is 0 Å². The van der Waals surface area contributed by atoms with Crippen molar-refractivity contribution < 1.29 is 24.2 Å². The molecule has 2 amide bonds. The van der Waals surface area contributed by atoms with Crippen molar-refractivity contribution in [2.75, 3.05) is 26.2 Å². The number of amides is 2. The van der Waals surface area contributed by atoms with Crippen LogP contribution in [0.3, 0.4) is 0 Å². The number of carboxylic acid groups (broad SMARTS) is 1. The van der Waals surface area contributed by atoms with Crippen LogP contribution < -0.4 is 5.32 Å². The number of hydrogen-bond donors (Lipinski definition) is 2. The van der Waals surface area contributed by atoms with Crippen LogP contribution in [0.1, 0.15) is 44.2 Å². The Bertz CT molecular complexity index is 960. The molecule has 0 bridgehead atoms. The molecule has 2 N–H and O–H groups in total. The molecule has 2 unspecified atom stereocenters. The van der Waals surface area contributed by atoms with E-state index >= 15 is 0 Å². The minimum Gasteiger partial charge on any atom is -0.481 e. The van der Waals surface area contributed by atoms with Crippen molar-refractivity contribution in [1.29, 1.82) is 0 Å². The predicted octanol–water partition coefficient (Wildman–Crippen LogP) is 4.12. The summed E-state index contributed by atoms with van der Waals surface area (Å²) in [4.78, 5) is 38.0. The van der Waals surface area contributed by atoms with Gasteiger partial charge in [-0.2, -0.15) is 0 Å². The van der Waals surface area contributed by atoms with E-state index in [1.807, 2.05) is 38.1 Å². The highest BCUT2D eigenvalue weighted by atomic mass is 16.5.